The van der Waals surface area contributed by atoms with Crippen molar-refractivity contribution in [2.45, 2.75) is 44.6 Å². The van der Waals surface area contributed by atoms with E-state index in [9.17, 15) is 4.79 Å². The van der Waals surface area contributed by atoms with Crippen molar-refractivity contribution >= 4 is 6.03 Å². The van der Waals surface area contributed by atoms with Gasteiger partial charge in [-0.2, -0.15) is 0 Å². The SMILES string of the molecule is NCCCN(C(N)=O)C1C2CC3CC(C2)CC1C3. The lowest BCUT2D eigenvalue weighted by Crippen LogP contribution is -2.58. The quantitative estimate of drug-likeness (QED) is 0.795. The average Bonchev–Trinajstić information content (AvgIpc) is 2.31. The molecule has 4 aliphatic carbocycles. The number of nitrogens with zero attached hydrogens (tertiary/aromatic N) is 1. The summed E-state index contributed by atoms with van der Waals surface area (Å²) < 4.78 is 0. The maximum atomic E-state index is 11.7. The summed E-state index contributed by atoms with van der Waals surface area (Å²) in [4.78, 5) is 13.7. The van der Waals surface area contributed by atoms with Crippen molar-refractivity contribution < 1.29 is 4.79 Å². The second kappa shape index (κ2) is 4.72. The van der Waals surface area contributed by atoms with Crippen molar-refractivity contribution in [3.63, 3.8) is 0 Å². The highest BCUT2D eigenvalue weighted by atomic mass is 16.2. The molecule has 18 heavy (non-hydrogen) atoms. The average molecular weight is 251 g/mol. The molecule has 4 rings (SSSR count). The third-order valence-electron chi connectivity index (χ3n) is 5.42. The number of nitrogens with two attached hydrogens (primary N) is 2. The Hall–Kier alpha value is -0.770. The van der Waals surface area contributed by atoms with Crippen LogP contribution in [0.15, 0.2) is 0 Å². The van der Waals surface area contributed by atoms with Crippen molar-refractivity contribution in [1.29, 1.82) is 0 Å². The van der Waals surface area contributed by atoms with Crippen LogP contribution in [0.25, 0.3) is 0 Å². The second-order valence-electron chi connectivity index (χ2n) is 6.60. The molecule has 4 bridgehead atoms. The van der Waals surface area contributed by atoms with Crippen LogP contribution < -0.4 is 11.5 Å². The van der Waals surface area contributed by atoms with Crippen molar-refractivity contribution in [2.75, 3.05) is 13.1 Å². The molecule has 4 saturated carbocycles. The van der Waals surface area contributed by atoms with Gasteiger partial charge in [-0.3, -0.25) is 0 Å². The first-order valence-corrected chi connectivity index (χ1v) is 7.45. The Bertz CT molecular complexity index is 303. The summed E-state index contributed by atoms with van der Waals surface area (Å²) in [6.45, 7) is 1.38. The molecule has 0 saturated heterocycles. The first-order valence-electron chi connectivity index (χ1n) is 7.45. The van der Waals surface area contributed by atoms with E-state index in [0.717, 1.165) is 24.8 Å². The van der Waals surface area contributed by atoms with Gasteiger partial charge in [-0.05, 0) is 68.7 Å². The van der Waals surface area contributed by atoms with E-state index in [4.69, 9.17) is 11.5 Å². The predicted molar refractivity (Wildman–Crippen MR) is 70.8 cm³/mol. The maximum absolute atomic E-state index is 11.7. The van der Waals surface area contributed by atoms with E-state index in [-0.39, 0.29) is 6.03 Å². The minimum absolute atomic E-state index is 0.235. The maximum Gasteiger partial charge on any atom is 0.315 e. The fraction of sp³-hybridized carbons (Fsp3) is 0.929. The van der Waals surface area contributed by atoms with Gasteiger partial charge >= 0.3 is 6.03 Å². The van der Waals surface area contributed by atoms with Crippen LogP contribution in [-0.2, 0) is 0 Å². The number of hydrogen-bond donors (Lipinski definition) is 2. The molecule has 4 nitrogen and oxygen atoms in total. The lowest BCUT2D eigenvalue weighted by Gasteiger charge is -2.56. The topological polar surface area (TPSA) is 72.3 Å². The van der Waals surface area contributed by atoms with Crippen LogP contribution in [-0.4, -0.2) is 30.1 Å². The molecule has 0 aromatic heterocycles. The third-order valence-corrected chi connectivity index (χ3v) is 5.42. The van der Waals surface area contributed by atoms with Crippen molar-refractivity contribution in [3.8, 4) is 0 Å². The molecule has 2 amide bonds. The Morgan fingerprint density at radius 2 is 1.61 bits per heavy atom. The molecule has 0 aromatic rings. The number of primary amides is 1. The summed E-state index contributed by atoms with van der Waals surface area (Å²) in [5, 5.41) is 0. The third kappa shape index (κ3) is 2.00. The monoisotopic (exact) mass is 251 g/mol. The molecule has 4 N–H and O–H groups in total. The lowest BCUT2D eigenvalue weighted by molar-refractivity contribution is -0.0502. The van der Waals surface area contributed by atoms with Crippen molar-refractivity contribution in [1.82, 2.24) is 4.90 Å². The summed E-state index contributed by atoms with van der Waals surface area (Å²) in [7, 11) is 0. The molecule has 4 fully saturated rings. The number of carbonyl (C=O) groups is 1. The number of hydrogen-bond acceptors (Lipinski definition) is 2. The molecule has 102 valence electrons. The molecule has 0 atom stereocenters. The van der Waals surface area contributed by atoms with E-state index < -0.39 is 0 Å². The molecule has 0 heterocycles. The van der Waals surface area contributed by atoms with E-state index in [1.54, 1.807) is 0 Å². The van der Waals surface area contributed by atoms with Gasteiger partial charge in [0.05, 0.1) is 0 Å². The predicted octanol–water partition coefficient (Wildman–Crippen LogP) is 1.54. The smallest absolute Gasteiger partial charge is 0.315 e. The zero-order valence-corrected chi connectivity index (χ0v) is 11.1. The standard InChI is InChI=1S/C14H25N3O/c15-2-1-3-17(14(16)18)13-11-5-9-4-10(7-11)8-12(13)6-9/h9-13H,1-8,15H2,(H2,16,18). The highest BCUT2D eigenvalue weighted by molar-refractivity contribution is 5.72. The number of urea groups is 1. The second-order valence-corrected chi connectivity index (χ2v) is 6.60. The first kappa shape index (κ1) is 12.3. The summed E-state index contributed by atoms with van der Waals surface area (Å²) >= 11 is 0. The summed E-state index contributed by atoms with van der Waals surface area (Å²) in [6.07, 6.45) is 7.60. The molecular weight excluding hydrogens is 226 g/mol. The van der Waals surface area contributed by atoms with Crippen LogP contribution in [0.5, 0.6) is 0 Å². The van der Waals surface area contributed by atoms with E-state index in [1.807, 2.05) is 4.90 Å². The van der Waals surface area contributed by atoms with E-state index in [0.29, 0.717) is 24.4 Å². The molecule has 0 radical (unpaired) electrons. The Morgan fingerprint density at radius 1 is 1.06 bits per heavy atom. The molecule has 4 heteroatoms. The Kier molecular flexibility index (Phi) is 3.22. The van der Waals surface area contributed by atoms with Crippen LogP contribution in [0.1, 0.15) is 38.5 Å². The first-order chi connectivity index (χ1) is 8.69. The Morgan fingerprint density at radius 3 is 2.06 bits per heavy atom. The number of amides is 2. The van der Waals surface area contributed by atoms with Crippen LogP contribution in [0, 0.1) is 23.7 Å². The van der Waals surface area contributed by atoms with Crippen LogP contribution in [0.4, 0.5) is 4.79 Å². The van der Waals surface area contributed by atoms with Crippen molar-refractivity contribution in [3.05, 3.63) is 0 Å². The van der Waals surface area contributed by atoms with Gasteiger partial charge in [0.25, 0.3) is 0 Å². The fourth-order valence-electron chi connectivity index (χ4n) is 5.07. The largest absolute Gasteiger partial charge is 0.351 e. The Balaban J connectivity index is 1.75. The number of carbonyl (C=O) groups excluding carboxylic acids is 1. The van der Waals surface area contributed by atoms with E-state index in [1.165, 1.54) is 32.1 Å². The molecule has 4 aliphatic rings. The zero-order valence-electron chi connectivity index (χ0n) is 11.1. The van der Waals surface area contributed by atoms with Gasteiger partial charge in [-0.1, -0.05) is 0 Å². The van der Waals surface area contributed by atoms with Gasteiger partial charge in [-0.25, -0.2) is 4.79 Å². The minimum atomic E-state index is -0.235. The fourth-order valence-corrected chi connectivity index (χ4v) is 5.07. The van der Waals surface area contributed by atoms with Crippen LogP contribution in [0.2, 0.25) is 0 Å². The summed E-state index contributed by atoms with van der Waals surface area (Å²) in [5.41, 5.74) is 11.2. The van der Waals surface area contributed by atoms with Gasteiger partial charge in [0.15, 0.2) is 0 Å². The minimum Gasteiger partial charge on any atom is -0.351 e. The van der Waals surface area contributed by atoms with Crippen molar-refractivity contribution in [2.24, 2.45) is 35.1 Å². The molecule has 0 unspecified atom stereocenters. The molecule has 0 aliphatic heterocycles. The van der Waals surface area contributed by atoms with E-state index in [2.05, 4.69) is 0 Å². The summed E-state index contributed by atoms with van der Waals surface area (Å²) in [6, 6.07) is 0.183. The van der Waals surface area contributed by atoms with E-state index >= 15 is 0 Å². The van der Waals surface area contributed by atoms with Gasteiger partial charge in [0.1, 0.15) is 0 Å². The van der Waals surface area contributed by atoms with Gasteiger partial charge < -0.3 is 16.4 Å². The van der Waals surface area contributed by atoms with Crippen LogP contribution in [0.3, 0.4) is 0 Å². The van der Waals surface area contributed by atoms with Gasteiger partial charge in [-0.15, -0.1) is 0 Å². The normalized spacial score (nSPS) is 41.1. The molecule has 0 spiro atoms. The summed E-state index contributed by atoms with van der Waals surface area (Å²) in [5.74, 6) is 3.30. The highest BCUT2D eigenvalue weighted by Crippen LogP contribution is 2.55. The molecular formula is C14H25N3O. The zero-order chi connectivity index (χ0) is 12.7. The van der Waals surface area contributed by atoms with Crippen LogP contribution >= 0.6 is 0 Å². The van der Waals surface area contributed by atoms with Gasteiger partial charge in [0, 0.05) is 12.6 Å². The molecule has 0 aromatic carbocycles. The lowest BCUT2D eigenvalue weighted by atomic mass is 9.54. The van der Waals surface area contributed by atoms with Gasteiger partial charge in [0.2, 0.25) is 0 Å². The Labute approximate surface area is 109 Å². The highest BCUT2D eigenvalue weighted by Gasteiger charge is 2.50. The number of rotatable bonds is 4.